The molecule has 1 atom stereocenters. The molecule has 0 amide bonds. The van der Waals surface area contributed by atoms with Gasteiger partial charge in [0.05, 0.1) is 5.69 Å². The zero-order valence-electron chi connectivity index (χ0n) is 14.3. The van der Waals surface area contributed by atoms with Crippen molar-refractivity contribution in [2.45, 2.75) is 32.4 Å². The highest BCUT2D eigenvalue weighted by Crippen LogP contribution is 2.34. The molecule has 1 aliphatic rings. The summed E-state index contributed by atoms with van der Waals surface area (Å²) in [5.74, 6) is 1.34. The maximum atomic E-state index is 13.6. The van der Waals surface area contributed by atoms with Crippen molar-refractivity contribution in [2.24, 2.45) is 0 Å². The van der Waals surface area contributed by atoms with E-state index in [4.69, 9.17) is 9.40 Å². The Bertz CT molecular complexity index is 859. The minimum Gasteiger partial charge on any atom is -0.441 e. The standard InChI is InChI=1S/C21H21FN2O/c1-15-19(23-21(25-15)16-7-3-2-4-8-16)14-24-12-6-11-20(24)17-9-5-10-18(22)13-17/h2-5,7-10,13,20H,6,11-12,14H2,1H3. The summed E-state index contributed by atoms with van der Waals surface area (Å²) in [7, 11) is 0. The van der Waals surface area contributed by atoms with Crippen LogP contribution in [0.25, 0.3) is 11.5 Å². The molecule has 1 saturated heterocycles. The van der Waals surface area contributed by atoms with Crippen LogP contribution in [0.5, 0.6) is 0 Å². The molecule has 0 bridgehead atoms. The number of oxazole rings is 1. The zero-order valence-corrected chi connectivity index (χ0v) is 14.3. The van der Waals surface area contributed by atoms with Gasteiger partial charge in [-0.15, -0.1) is 0 Å². The van der Waals surface area contributed by atoms with Crippen molar-refractivity contribution < 1.29 is 8.81 Å². The molecule has 4 rings (SSSR count). The zero-order chi connectivity index (χ0) is 17.2. The van der Waals surface area contributed by atoms with E-state index < -0.39 is 0 Å². The minimum absolute atomic E-state index is 0.173. The molecule has 128 valence electrons. The van der Waals surface area contributed by atoms with Crippen LogP contribution in [0.2, 0.25) is 0 Å². The summed E-state index contributed by atoms with van der Waals surface area (Å²) in [5, 5.41) is 0. The Kier molecular flexibility index (Phi) is 4.36. The molecule has 2 heterocycles. The summed E-state index contributed by atoms with van der Waals surface area (Å²) in [6, 6.07) is 17.1. The van der Waals surface area contributed by atoms with E-state index in [1.807, 2.05) is 43.3 Å². The van der Waals surface area contributed by atoms with Crippen molar-refractivity contribution in [2.75, 3.05) is 6.54 Å². The highest BCUT2D eigenvalue weighted by atomic mass is 19.1. The van der Waals surface area contributed by atoms with Crippen molar-refractivity contribution in [1.29, 1.82) is 0 Å². The van der Waals surface area contributed by atoms with E-state index >= 15 is 0 Å². The molecule has 0 saturated carbocycles. The summed E-state index contributed by atoms with van der Waals surface area (Å²) in [5.41, 5.74) is 2.99. The van der Waals surface area contributed by atoms with Crippen molar-refractivity contribution in [3.8, 4) is 11.5 Å². The topological polar surface area (TPSA) is 29.3 Å². The van der Waals surface area contributed by atoms with Gasteiger partial charge in [-0.25, -0.2) is 9.37 Å². The first-order valence-corrected chi connectivity index (χ1v) is 8.72. The van der Waals surface area contributed by atoms with Gasteiger partial charge < -0.3 is 4.42 Å². The number of aryl methyl sites for hydroxylation is 1. The highest BCUT2D eigenvalue weighted by Gasteiger charge is 2.27. The first-order chi connectivity index (χ1) is 12.2. The Balaban J connectivity index is 1.56. The van der Waals surface area contributed by atoms with E-state index in [1.54, 1.807) is 12.1 Å². The summed E-state index contributed by atoms with van der Waals surface area (Å²) in [6.45, 7) is 3.68. The highest BCUT2D eigenvalue weighted by molar-refractivity contribution is 5.53. The number of hydrogen-bond acceptors (Lipinski definition) is 3. The van der Waals surface area contributed by atoms with Crippen LogP contribution in [0.1, 0.15) is 35.9 Å². The van der Waals surface area contributed by atoms with E-state index in [0.717, 1.165) is 48.5 Å². The van der Waals surface area contributed by atoms with Gasteiger partial charge in [0.2, 0.25) is 5.89 Å². The van der Waals surface area contributed by atoms with Crippen LogP contribution >= 0.6 is 0 Å². The van der Waals surface area contributed by atoms with Crippen molar-refractivity contribution in [1.82, 2.24) is 9.88 Å². The molecule has 1 fully saturated rings. The van der Waals surface area contributed by atoms with E-state index in [1.165, 1.54) is 6.07 Å². The third-order valence-electron chi connectivity index (χ3n) is 4.86. The fourth-order valence-corrected chi connectivity index (χ4v) is 3.58. The average molecular weight is 336 g/mol. The van der Waals surface area contributed by atoms with Crippen molar-refractivity contribution in [3.05, 3.63) is 77.4 Å². The first kappa shape index (κ1) is 16.0. The van der Waals surface area contributed by atoms with Gasteiger partial charge in [0.15, 0.2) is 0 Å². The quantitative estimate of drug-likeness (QED) is 0.662. The molecule has 2 aromatic carbocycles. The third kappa shape index (κ3) is 3.35. The van der Waals surface area contributed by atoms with E-state index in [2.05, 4.69) is 4.90 Å². The first-order valence-electron chi connectivity index (χ1n) is 8.72. The van der Waals surface area contributed by atoms with Crippen LogP contribution in [0.3, 0.4) is 0 Å². The average Bonchev–Trinajstić information content (AvgIpc) is 3.23. The monoisotopic (exact) mass is 336 g/mol. The van der Waals surface area contributed by atoms with Gasteiger partial charge in [-0.05, 0) is 56.1 Å². The predicted molar refractivity (Wildman–Crippen MR) is 95.5 cm³/mol. The SMILES string of the molecule is Cc1oc(-c2ccccc2)nc1CN1CCCC1c1cccc(F)c1. The number of rotatable bonds is 4. The van der Waals surface area contributed by atoms with Crippen molar-refractivity contribution >= 4 is 0 Å². The number of aromatic nitrogens is 1. The molecule has 0 spiro atoms. The molecule has 1 aromatic heterocycles. The molecule has 3 aromatic rings. The molecule has 1 unspecified atom stereocenters. The maximum Gasteiger partial charge on any atom is 0.226 e. The Morgan fingerprint density at radius 2 is 2.00 bits per heavy atom. The molecule has 0 N–H and O–H groups in total. The van der Waals surface area contributed by atoms with Gasteiger partial charge in [0.25, 0.3) is 0 Å². The maximum absolute atomic E-state index is 13.6. The second-order valence-electron chi connectivity index (χ2n) is 6.57. The van der Waals surface area contributed by atoms with Crippen molar-refractivity contribution in [3.63, 3.8) is 0 Å². The van der Waals surface area contributed by atoms with E-state index in [0.29, 0.717) is 5.89 Å². The molecule has 1 aliphatic heterocycles. The van der Waals surface area contributed by atoms with E-state index in [-0.39, 0.29) is 11.9 Å². The summed E-state index contributed by atoms with van der Waals surface area (Å²) < 4.78 is 19.5. The molecule has 3 nitrogen and oxygen atoms in total. The van der Waals surface area contributed by atoms with Crippen LogP contribution in [-0.2, 0) is 6.54 Å². The Morgan fingerprint density at radius 3 is 2.80 bits per heavy atom. The van der Waals surface area contributed by atoms with Gasteiger partial charge in [0.1, 0.15) is 11.6 Å². The second kappa shape index (κ2) is 6.81. The van der Waals surface area contributed by atoms with Crippen LogP contribution in [0.4, 0.5) is 4.39 Å². The summed E-state index contributed by atoms with van der Waals surface area (Å²) in [6.07, 6.45) is 2.16. The third-order valence-corrected chi connectivity index (χ3v) is 4.86. The second-order valence-corrected chi connectivity index (χ2v) is 6.57. The lowest BCUT2D eigenvalue weighted by Crippen LogP contribution is -2.23. The largest absolute Gasteiger partial charge is 0.441 e. The minimum atomic E-state index is -0.173. The number of benzene rings is 2. The van der Waals surface area contributed by atoms with Gasteiger partial charge in [-0.1, -0.05) is 30.3 Å². The molecular formula is C21H21FN2O. The molecule has 25 heavy (non-hydrogen) atoms. The number of likely N-dealkylation sites (tertiary alicyclic amines) is 1. The molecular weight excluding hydrogens is 315 g/mol. The van der Waals surface area contributed by atoms with Gasteiger partial charge in [-0.2, -0.15) is 0 Å². The fraction of sp³-hybridized carbons (Fsp3) is 0.286. The van der Waals surface area contributed by atoms with Crippen LogP contribution in [0.15, 0.2) is 59.0 Å². The molecule has 0 aliphatic carbocycles. The Hall–Kier alpha value is -2.46. The predicted octanol–water partition coefficient (Wildman–Crippen LogP) is 5.13. The lowest BCUT2D eigenvalue weighted by atomic mass is 10.0. The molecule has 0 radical (unpaired) electrons. The van der Waals surface area contributed by atoms with Gasteiger partial charge in [-0.3, -0.25) is 4.90 Å². The van der Waals surface area contributed by atoms with Gasteiger partial charge >= 0.3 is 0 Å². The fourth-order valence-electron chi connectivity index (χ4n) is 3.58. The van der Waals surface area contributed by atoms with Crippen LogP contribution in [0, 0.1) is 12.7 Å². The molecule has 4 heteroatoms. The summed E-state index contributed by atoms with van der Waals surface area (Å²) >= 11 is 0. The lowest BCUT2D eigenvalue weighted by molar-refractivity contribution is 0.244. The lowest BCUT2D eigenvalue weighted by Gasteiger charge is -2.24. The van der Waals surface area contributed by atoms with Crippen LogP contribution < -0.4 is 0 Å². The normalized spacial score (nSPS) is 17.9. The Labute approximate surface area is 147 Å². The smallest absolute Gasteiger partial charge is 0.226 e. The number of nitrogens with zero attached hydrogens (tertiary/aromatic N) is 2. The van der Waals surface area contributed by atoms with Crippen LogP contribution in [-0.4, -0.2) is 16.4 Å². The summed E-state index contributed by atoms with van der Waals surface area (Å²) in [4.78, 5) is 7.08. The number of hydrogen-bond donors (Lipinski definition) is 0. The van der Waals surface area contributed by atoms with E-state index in [9.17, 15) is 4.39 Å². The van der Waals surface area contributed by atoms with Gasteiger partial charge in [0, 0.05) is 18.2 Å². The Morgan fingerprint density at radius 1 is 1.16 bits per heavy atom. The number of halogens is 1.